The van der Waals surface area contributed by atoms with Gasteiger partial charge in [-0.3, -0.25) is 4.79 Å². The summed E-state index contributed by atoms with van der Waals surface area (Å²) >= 11 is 6.95. The molecule has 2 aromatic rings. The Morgan fingerprint density at radius 3 is 2.89 bits per heavy atom. The molecule has 0 radical (unpaired) electrons. The molecule has 5 heteroatoms. The molecule has 0 atom stereocenters. The number of aryl methyl sites for hydroxylation is 2. The largest absolute Gasteiger partial charge is 0.302 e. The Labute approximate surface area is 121 Å². The van der Waals surface area contributed by atoms with Crippen molar-refractivity contribution in [2.75, 3.05) is 11.2 Å². The molecule has 1 N–H and O–H groups in total. The Bertz CT molecular complexity index is 595. The second-order valence-electron chi connectivity index (χ2n) is 4.34. The lowest BCUT2D eigenvalue weighted by Crippen LogP contribution is -2.11. The summed E-state index contributed by atoms with van der Waals surface area (Å²) in [6.07, 6.45) is 0.306. The van der Waals surface area contributed by atoms with Gasteiger partial charge in [-0.1, -0.05) is 23.8 Å². The molecule has 0 fully saturated rings. The molecule has 3 nitrogen and oxygen atoms in total. The van der Waals surface area contributed by atoms with Gasteiger partial charge in [-0.2, -0.15) is 0 Å². The Morgan fingerprint density at radius 2 is 2.21 bits per heavy atom. The molecule has 0 aliphatic heterocycles. The van der Waals surface area contributed by atoms with Gasteiger partial charge in [-0.05, 0) is 19.4 Å². The predicted molar refractivity (Wildman–Crippen MR) is 81.0 cm³/mol. The van der Waals surface area contributed by atoms with Crippen LogP contribution in [0, 0.1) is 13.8 Å². The van der Waals surface area contributed by atoms with Crippen LogP contribution in [0.3, 0.4) is 0 Å². The number of amides is 1. The van der Waals surface area contributed by atoms with Gasteiger partial charge < -0.3 is 5.32 Å². The van der Waals surface area contributed by atoms with E-state index >= 15 is 0 Å². The summed E-state index contributed by atoms with van der Waals surface area (Å²) in [6.45, 7) is 4.13. The SMILES string of the molecule is Cc1ccc(-c2csc(NC(=O)CCCl)n2)c(C)c1. The van der Waals surface area contributed by atoms with E-state index in [0.717, 1.165) is 11.3 Å². The van der Waals surface area contributed by atoms with Gasteiger partial charge in [0.05, 0.1) is 5.69 Å². The standard InChI is InChI=1S/C14H15ClN2OS/c1-9-3-4-11(10(2)7-9)12-8-19-14(16-12)17-13(18)5-6-15/h3-4,7-8H,5-6H2,1-2H3,(H,16,17,18). The lowest BCUT2D eigenvalue weighted by molar-refractivity contribution is -0.115. The molecule has 1 aromatic carbocycles. The maximum atomic E-state index is 11.4. The summed E-state index contributed by atoms with van der Waals surface area (Å²) in [5.74, 6) is 0.220. The van der Waals surface area contributed by atoms with Crippen molar-refractivity contribution in [3.05, 3.63) is 34.7 Å². The van der Waals surface area contributed by atoms with Crippen molar-refractivity contribution >= 4 is 34.0 Å². The Kier molecular flexibility index (Phi) is 4.56. The lowest BCUT2D eigenvalue weighted by atomic mass is 10.0. The number of hydrogen-bond acceptors (Lipinski definition) is 3. The number of nitrogens with one attached hydrogen (secondary N) is 1. The molecular weight excluding hydrogens is 280 g/mol. The van der Waals surface area contributed by atoms with E-state index in [1.165, 1.54) is 22.5 Å². The van der Waals surface area contributed by atoms with Gasteiger partial charge in [0.25, 0.3) is 0 Å². The summed E-state index contributed by atoms with van der Waals surface area (Å²) in [5.41, 5.74) is 4.40. The molecule has 1 heterocycles. The number of nitrogens with zero attached hydrogens (tertiary/aromatic N) is 1. The first-order valence-electron chi connectivity index (χ1n) is 5.99. The molecule has 0 saturated carbocycles. The summed E-state index contributed by atoms with van der Waals surface area (Å²) in [5, 5.41) is 5.32. The van der Waals surface area contributed by atoms with Crippen LogP contribution >= 0.6 is 22.9 Å². The van der Waals surface area contributed by atoms with Crippen molar-refractivity contribution < 1.29 is 4.79 Å². The lowest BCUT2D eigenvalue weighted by Gasteiger charge is -2.03. The van der Waals surface area contributed by atoms with Crippen LogP contribution in [-0.4, -0.2) is 16.8 Å². The summed E-state index contributed by atoms with van der Waals surface area (Å²) < 4.78 is 0. The van der Waals surface area contributed by atoms with Crippen molar-refractivity contribution in [3.63, 3.8) is 0 Å². The van der Waals surface area contributed by atoms with Crippen LogP contribution in [0.2, 0.25) is 0 Å². The second kappa shape index (κ2) is 6.17. The average Bonchev–Trinajstić information content (AvgIpc) is 2.77. The van der Waals surface area contributed by atoms with Crippen molar-refractivity contribution in [3.8, 4) is 11.3 Å². The number of benzene rings is 1. The highest BCUT2D eigenvalue weighted by atomic mass is 35.5. The Balaban J connectivity index is 2.18. The number of carbonyl (C=O) groups excluding carboxylic acids is 1. The summed E-state index contributed by atoms with van der Waals surface area (Å²) in [7, 11) is 0. The smallest absolute Gasteiger partial charge is 0.227 e. The number of thiazole rings is 1. The van der Waals surface area contributed by atoms with E-state index in [-0.39, 0.29) is 5.91 Å². The first-order valence-corrected chi connectivity index (χ1v) is 7.40. The normalized spacial score (nSPS) is 10.5. The van der Waals surface area contributed by atoms with Crippen molar-refractivity contribution in [1.82, 2.24) is 4.98 Å². The Hall–Kier alpha value is -1.39. The third-order valence-corrected chi connectivity index (χ3v) is 3.68. The zero-order valence-corrected chi connectivity index (χ0v) is 12.4. The molecule has 0 spiro atoms. The molecule has 0 saturated heterocycles. The zero-order chi connectivity index (χ0) is 13.8. The minimum absolute atomic E-state index is 0.100. The summed E-state index contributed by atoms with van der Waals surface area (Å²) in [6, 6.07) is 6.25. The summed E-state index contributed by atoms with van der Waals surface area (Å²) in [4.78, 5) is 15.9. The van der Waals surface area contributed by atoms with Gasteiger partial charge in [0.1, 0.15) is 0 Å². The van der Waals surface area contributed by atoms with E-state index in [4.69, 9.17) is 11.6 Å². The third-order valence-electron chi connectivity index (χ3n) is 2.73. The highest BCUT2D eigenvalue weighted by Gasteiger charge is 2.09. The highest BCUT2D eigenvalue weighted by Crippen LogP contribution is 2.27. The number of rotatable bonds is 4. The van der Waals surface area contributed by atoms with Crippen LogP contribution in [0.4, 0.5) is 5.13 Å². The average molecular weight is 295 g/mol. The van der Waals surface area contributed by atoms with E-state index in [1.807, 2.05) is 5.38 Å². The second-order valence-corrected chi connectivity index (χ2v) is 5.58. The van der Waals surface area contributed by atoms with Gasteiger partial charge in [0.2, 0.25) is 5.91 Å². The molecule has 19 heavy (non-hydrogen) atoms. The molecule has 0 bridgehead atoms. The van der Waals surface area contributed by atoms with E-state index in [0.29, 0.717) is 17.4 Å². The first-order chi connectivity index (χ1) is 9.10. The van der Waals surface area contributed by atoms with Crippen LogP contribution in [0.15, 0.2) is 23.6 Å². The molecule has 1 aromatic heterocycles. The monoisotopic (exact) mass is 294 g/mol. The quantitative estimate of drug-likeness (QED) is 0.866. The maximum Gasteiger partial charge on any atom is 0.227 e. The van der Waals surface area contributed by atoms with Gasteiger partial charge in [0.15, 0.2) is 5.13 Å². The molecular formula is C14H15ClN2OS. The molecule has 100 valence electrons. The minimum Gasteiger partial charge on any atom is -0.302 e. The van der Waals surface area contributed by atoms with Crippen molar-refractivity contribution in [1.29, 1.82) is 0 Å². The number of anilines is 1. The Morgan fingerprint density at radius 1 is 1.42 bits per heavy atom. The number of carbonyl (C=O) groups is 1. The highest BCUT2D eigenvalue weighted by molar-refractivity contribution is 7.14. The van der Waals surface area contributed by atoms with Gasteiger partial charge in [-0.25, -0.2) is 4.98 Å². The molecule has 0 aliphatic carbocycles. The van der Waals surface area contributed by atoms with E-state index in [2.05, 4.69) is 42.3 Å². The van der Waals surface area contributed by atoms with Gasteiger partial charge in [0, 0.05) is 23.2 Å². The van der Waals surface area contributed by atoms with Crippen LogP contribution in [0.25, 0.3) is 11.3 Å². The van der Waals surface area contributed by atoms with E-state index in [1.54, 1.807) is 0 Å². The van der Waals surface area contributed by atoms with E-state index < -0.39 is 0 Å². The van der Waals surface area contributed by atoms with Crippen molar-refractivity contribution in [2.45, 2.75) is 20.3 Å². The van der Waals surface area contributed by atoms with E-state index in [9.17, 15) is 4.79 Å². The van der Waals surface area contributed by atoms with Crippen LogP contribution in [0.5, 0.6) is 0 Å². The first kappa shape index (κ1) is 14.0. The zero-order valence-electron chi connectivity index (χ0n) is 10.9. The number of aromatic nitrogens is 1. The van der Waals surface area contributed by atoms with Crippen LogP contribution in [0.1, 0.15) is 17.5 Å². The fourth-order valence-corrected chi connectivity index (χ4v) is 2.72. The minimum atomic E-state index is -0.100. The molecule has 1 amide bonds. The van der Waals surface area contributed by atoms with Crippen LogP contribution in [-0.2, 0) is 4.79 Å². The van der Waals surface area contributed by atoms with Gasteiger partial charge in [-0.15, -0.1) is 22.9 Å². The third kappa shape index (κ3) is 3.55. The molecule has 2 rings (SSSR count). The van der Waals surface area contributed by atoms with Crippen LogP contribution < -0.4 is 5.32 Å². The molecule has 0 unspecified atom stereocenters. The number of alkyl halides is 1. The van der Waals surface area contributed by atoms with Gasteiger partial charge >= 0.3 is 0 Å². The molecule has 0 aliphatic rings. The fourth-order valence-electron chi connectivity index (χ4n) is 1.82. The topological polar surface area (TPSA) is 42.0 Å². The maximum absolute atomic E-state index is 11.4. The fraction of sp³-hybridized carbons (Fsp3) is 0.286. The number of hydrogen-bond donors (Lipinski definition) is 1. The predicted octanol–water partition coefficient (Wildman–Crippen LogP) is 3.99. The number of halogens is 1. The van der Waals surface area contributed by atoms with Crippen molar-refractivity contribution in [2.24, 2.45) is 0 Å².